The molecule has 0 aromatic rings. The molecular formula is C6H18AlO3P. The van der Waals surface area contributed by atoms with Gasteiger partial charge in [-0.05, 0) is 6.42 Å². The van der Waals surface area contributed by atoms with Crippen LogP contribution in [0.2, 0.25) is 0 Å². The van der Waals surface area contributed by atoms with Crippen molar-refractivity contribution in [1.82, 2.24) is 0 Å². The Balaban J connectivity index is 0. The Morgan fingerprint density at radius 3 is 2.36 bits per heavy atom. The molecule has 0 saturated heterocycles. The number of rotatable bonds is 5. The summed E-state index contributed by atoms with van der Waals surface area (Å²) in [5.74, 6) is 0. The molecular weight excluding hydrogens is 178 g/mol. The summed E-state index contributed by atoms with van der Waals surface area (Å²) in [7, 11) is -3.21. The summed E-state index contributed by atoms with van der Waals surface area (Å²) in [6.45, 7) is 3.68. The van der Waals surface area contributed by atoms with Gasteiger partial charge in [0.05, 0.1) is 6.61 Å². The Bertz CT molecular complexity index is 123. The van der Waals surface area contributed by atoms with Gasteiger partial charge in [0.25, 0.3) is 0 Å². The third kappa shape index (κ3) is 13.6. The fourth-order valence-electron chi connectivity index (χ4n) is 0.586. The van der Waals surface area contributed by atoms with Crippen molar-refractivity contribution in [3.63, 3.8) is 0 Å². The molecule has 0 aliphatic rings. The third-order valence-electron chi connectivity index (χ3n) is 1.08. The summed E-state index contributed by atoms with van der Waals surface area (Å²) in [6, 6.07) is 0. The highest BCUT2D eigenvalue weighted by molar-refractivity contribution is 7.51. The highest BCUT2D eigenvalue weighted by Gasteiger charge is 2.07. The highest BCUT2D eigenvalue weighted by atomic mass is 31.2. The van der Waals surface area contributed by atoms with Gasteiger partial charge in [0, 0.05) is 6.66 Å². The molecule has 0 rings (SSSR count). The van der Waals surface area contributed by atoms with Gasteiger partial charge >= 0.3 is 7.60 Å². The predicted octanol–water partition coefficient (Wildman–Crippen LogP) is 0.824. The predicted molar refractivity (Wildman–Crippen MR) is 51.2 cm³/mol. The second kappa shape index (κ2) is 7.34. The van der Waals surface area contributed by atoms with Crippen molar-refractivity contribution in [1.29, 1.82) is 0 Å². The van der Waals surface area contributed by atoms with Crippen molar-refractivity contribution in [2.45, 2.75) is 26.2 Å². The van der Waals surface area contributed by atoms with E-state index in [4.69, 9.17) is 4.89 Å². The van der Waals surface area contributed by atoms with E-state index < -0.39 is 7.60 Å². The molecule has 0 bridgehead atoms. The summed E-state index contributed by atoms with van der Waals surface area (Å²) in [4.78, 5) is 8.65. The zero-order valence-corrected chi connectivity index (χ0v) is 7.43. The number of hydrogen-bond donors (Lipinski definition) is 1. The molecule has 0 heterocycles. The van der Waals surface area contributed by atoms with Crippen LogP contribution < -0.4 is 0 Å². The van der Waals surface area contributed by atoms with Crippen molar-refractivity contribution in [2.75, 3.05) is 13.3 Å². The Labute approximate surface area is 78.8 Å². The lowest BCUT2D eigenvalue weighted by Crippen LogP contribution is -1.90. The van der Waals surface area contributed by atoms with Crippen LogP contribution in [0.25, 0.3) is 0 Å². The van der Waals surface area contributed by atoms with Crippen molar-refractivity contribution >= 4 is 25.0 Å². The first-order chi connectivity index (χ1) is 4.56. The molecule has 11 heavy (non-hydrogen) atoms. The van der Waals surface area contributed by atoms with Crippen molar-refractivity contribution < 1.29 is 14.0 Å². The molecule has 68 valence electrons. The van der Waals surface area contributed by atoms with Gasteiger partial charge in [-0.2, -0.15) is 0 Å². The molecule has 0 aromatic carbocycles. The lowest BCUT2D eigenvalue weighted by Gasteiger charge is -2.04. The zero-order valence-electron chi connectivity index (χ0n) is 6.54. The van der Waals surface area contributed by atoms with Crippen LogP contribution in [0, 0.1) is 0 Å². The zero-order chi connectivity index (χ0) is 8.04. The smallest absolute Gasteiger partial charge is 0.324 e. The maximum Gasteiger partial charge on any atom is 0.325 e. The van der Waals surface area contributed by atoms with E-state index in [2.05, 4.69) is 11.4 Å². The molecule has 1 atom stereocenters. The number of unbranched alkanes of at least 4 members (excludes halogenated alkanes) is 2. The first-order valence-corrected chi connectivity index (χ1v) is 5.53. The van der Waals surface area contributed by atoms with Crippen LogP contribution in [-0.4, -0.2) is 35.5 Å². The molecule has 0 saturated carbocycles. The average molecular weight is 196 g/mol. The molecule has 0 aliphatic carbocycles. The summed E-state index contributed by atoms with van der Waals surface area (Å²) < 4.78 is 15.2. The second-order valence-electron chi connectivity index (χ2n) is 2.34. The van der Waals surface area contributed by atoms with Crippen LogP contribution in [0.3, 0.4) is 0 Å². The van der Waals surface area contributed by atoms with E-state index in [1.54, 1.807) is 0 Å². The molecule has 1 unspecified atom stereocenters. The second-order valence-corrected chi connectivity index (χ2v) is 4.21. The normalized spacial score (nSPS) is 15.2. The van der Waals surface area contributed by atoms with Crippen LogP contribution in [0.5, 0.6) is 0 Å². The fourth-order valence-corrected chi connectivity index (χ4v) is 1.05. The van der Waals surface area contributed by atoms with Crippen LogP contribution in [0.15, 0.2) is 0 Å². The molecule has 1 N–H and O–H groups in total. The first kappa shape index (κ1) is 14.2. The third-order valence-corrected chi connectivity index (χ3v) is 1.74. The Morgan fingerprint density at radius 2 is 2.00 bits per heavy atom. The van der Waals surface area contributed by atoms with E-state index in [1.807, 2.05) is 0 Å². The minimum atomic E-state index is -3.21. The van der Waals surface area contributed by atoms with E-state index in [0.29, 0.717) is 6.61 Å². The molecule has 0 radical (unpaired) electrons. The van der Waals surface area contributed by atoms with Gasteiger partial charge in [0.15, 0.2) is 17.4 Å². The molecule has 0 aliphatic heterocycles. The minimum absolute atomic E-state index is 0. The summed E-state index contributed by atoms with van der Waals surface area (Å²) in [5, 5.41) is 0. The van der Waals surface area contributed by atoms with E-state index in [9.17, 15) is 4.57 Å². The van der Waals surface area contributed by atoms with Gasteiger partial charge in [0.2, 0.25) is 0 Å². The number of hydrogen-bond acceptors (Lipinski definition) is 2. The molecule has 0 aromatic heterocycles. The largest absolute Gasteiger partial charge is 0.325 e. The first-order valence-electron chi connectivity index (χ1n) is 3.51. The standard InChI is InChI=1S/C6H15O3P.Al.3H/c1-3-4-5-6-9-10(2,7)8;;;;/h3-6H2,1-2H3,(H,7,8);;;;. The van der Waals surface area contributed by atoms with Gasteiger partial charge in [0.1, 0.15) is 0 Å². The van der Waals surface area contributed by atoms with Crippen LogP contribution in [0.1, 0.15) is 26.2 Å². The van der Waals surface area contributed by atoms with E-state index in [0.717, 1.165) is 19.3 Å². The SMILES string of the molecule is CCCCCOP(C)(=O)O.[AlH3]. The maximum absolute atomic E-state index is 10.5. The van der Waals surface area contributed by atoms with E-state index in [-0.39, 0.29) is 17.4 Å². The summed E-state index contributed by atoms with van der Waals surface area (Å²) in [5.41, 5.74) is 0. The summed E-state index contributed by atoms with van der Waals surface area (Å²) in [6.07, 6.45) is 3.03. The van der Waals surface area contributed by atoms with Crippen molar-refractivity contribution in [3.05, 3.63) is 0 Å². The fraction of sp³-hybridized carbons (Fsp3) is 1.00. The van der Waals surface area contributed by atoms with Crippen molar-refractivity contribution in [2.24, 2.45) is 0 Å². The molecule has 0 fully saturated rings. The Kier molecular flexibility index (Phi) is 9.49. The average Bonchev–Trinajstić information content (AvgIpc) is 1.78. The molecule has 5 heteroatoms. The Hall–Kier alpha value is 0.682. The lowest BCUT2D eigenvalue weighted by atomic mass is 10.3. The summed E-state index contributed by atoms with van der Waals surface area (Å²) >= 11 is 0. The highest BCUT2D eigenvalue weighted by Crippen LogP contribution is 2.36. The van der Waals surface area contributed by atoms with E-state index >= 15 is 0 Å². The maximum atomic E-state index is 10.5. The molecule has 0 amide bonds. The lowest BCUT2D eigenvalue weighted by molar-refractivity contribution is 0.258. The van der Waals surface area contributed by atoms with Gasteiger partial charge in [-0.1, -0.05) is 19.8 Å². The van der Waals surface area contributed by atoms with Gasteiger partial charge < -0.3 is 9.42 Å². The molecule has 3 nitrogen and oxygen atoms in total. The van der Waals surface area contributed by atoms with Gasteiger partial charge in [-0.3, -0.25) is 4.57 Å². The van der Waals surface area contributed by atoms with Gasteiger partial charge in [-0.25, -0.2) is 0 Å². The minimum Gasteiger partial charge on any atom is -0.324 e. The van der Waals surface area contributed by atoms with E-state index in [1.165, 1.54) is 6.66 Å². The topological polar surface area (TPSA) is 46.5 Å². The van der Waals surface area contributed by atoms with Crippen LogP contribution >= 0.6 is 7.60 Å². The molecule has 0 spiro atoms. The van der Waals surface area contributed by atoms with Crippen LogP contribution in [-0.2, 0) is 9.09 Å². The monoisotopic (exact) mass is 196 g/mol. The van der Waals surface area contributed by atoms with Gasteiger partial charge in [-0.15, -0.1) is 0 Å². The Morgan fingerprint density at radius 1 is 1.45 bits per heavy atom. The van der Waals surface area contributed by atoms with Crippen LogP contribution in [0.4, 0.5) is 0 Å². The van der Waals surface area contributed by atoms with Crippen molar-refractivity contribution in [3.8, 4) is 0 Å². The quantitative estimate of drug-likeness (QED) is 0.402.